The lowest BCUT2D eigenvalue weighted by atomic mass is 10.0. The molecule has 0 saturated heterocycles. The van der Waals surface area contributed by atoms with Crippen LogP contribution in [0.25, 0.3) is 10.6 Å². The molecule has 0 aliphatic rings. The van der Waals surface area contributed by atoms with E-state index in [1.807, 2.05) is 17.4 Å². The summed E-state index contributed by atoms with van der Waals surface area (Å²) in [5.74, 6) is 0. The molecule has 0 radical (unpaired) electrons. The first-order valence-corrected chi connectivity index (χ1v) is 10.5. The molecule has 4 aromatic rings. The fraction of sp³-hybridized carbons (Fsp3) is 0.136. The van der Waals surface area contributed by atoms with Gasteiger partial charge in [0, 0.05) is 16.5 Å². The van der Waals surface area contributed by atoms with Crippen LogP contribution in [0.1, 0.15) is 27.7 Å². The SMILES string of the molecule is Cc1ccc([C@H]([NH2+]Cc2csc(-c3ccccc3)n2)c2cccs2)cc1. The Morgan fingerprint density at radius 1 is 0.923 bits per heavy atom. The molecule has 2 heterocycles. The lowest BCUT2D eigenvalue weighted by Gasteiger charge is -2.14. The zero-order chi connectivity index (χ0) is 17.8. The van der Waals surface area contributed by atoms with Crippen LogP contribution in [0.2, 0.25) is 0 Å². The highest BCUT2D eigenvalue weighted by Gasteiger charge is 2.19. The summed E-state index contributed by atoms with van der Waals surface area (Å²) in [6.45, 7) is 3.01. The summed E-state index contributed by atoms with van der Waals surface area (Å²) in [4.78, 5) is 6.21. The van der Waals surface area contributed by atoms with Gasteiger partial charge in [0.1, 0.15) is 23.3 Å². The average Bonchev–Trinajstić information content (AvgIpc) is 3.36. The van der Waals surface area contributed by atoms with Gasteiger partial charge in [0.15, 0.2) is 0 Å². The minimum Gasteiger partial charge on any atom is -0.331 e. The van der Waals surface area contributed by atoms with Crippen molar-refractivity contribution in [1.82, 2.24) is 4.98 Å². The molecule has 2 nitrogen and oxygen atoms in total. The number of aromatic nitrogens is 1. The summed E-state index contributed by atoms with van der Waals surface area (Å²) in [6.07, 6.45) is 0. The molecule has 0 aliphatic heterocycles. The third-order valence-corrected chi connectivity index (χ3v) is 6.32. The molecule has 0 saturated carbocycles. The quantitative estimate of drug-likeness (QED) is 0.501. The predicted molar refractivity (Wildman–Crippen MR) is 111 cm³/mol. The lowest BCUT2D eigenvalue weighted by molar-refractivity contribution is -0.702. The van der Waals surface area contributed by atoms with E-state index in [0.29, 0.717) is 6.04 Å². The Balaban J connectivity index is 1.52. The molecule has 26 heavy (non-hydrogen) atoms. The van der Waals surface area contributed by atoms with E-state index in [1.165, 1.54) is 21.6 Å². The van der Waals surface area contributed by atoms with Crippen molar-refractivity contribution in [3.63, 3.8) is 0 Å². The fourth-order valence-electron chi connectivity index (χ4n) is 3.01. The zero-order valence-corrected chi connectivity index (χ0v) is 16.3. The van der Waals surface area contributed by atoms with E-state index < -0.39 is 0 Å². The van der Waals surface area contributed by atoms with Crippen LogP contribution in [0.5, 0.6) is 0 Å². The molecule has 0 amide bonds. The maximum atomic E-state index is 4.83. The Morgan fingerprint density at radius 2 is 1.73 bits per heavy atom. The summed E-state index contributed by atoms with van der Waals surface area (Å²) in [5, 5.41) is 7.82. The first-order valence-electron chi connectivity index (χ1n) is 8.73. The van der Waals surface area contributed by atoms with Crippen molar-refractivity contribution in [3.05, 3.63) is 99.2 Å². The van der Waals surface area contributed by atoms with Gasteiger partial charge < -0.3 is 5.32 Å². The molecule has 4 heteroatoms. The van der Waals surface area contributed by atoms with Crippen molar-refractivity contribution >= 4 is 22.7 Å². The Labute approximate surface area is 162 Å². The number of thiophene rings is 1. The van der Waals surface area contributed by atoms with Crippen molar-refractivity contribution in [2.45, 2.75) is 19.5 Å². The summed E-state index contributed by atoms with van der Waals surface area (Å²) in [7, 11) is 0. The minimum absolute atomic E-state index is 0.317. The molecule has 2 aromatic carbocycles. The van der Waals surface area contributed by atoms with Gasteiger partial charge in [-0.15, -0.1) is 22.7 Å². The number of nitrogens with two attached hydrogens (primary N) is 1. The van der Waals surface area contributed by atoms with Gasteiger partial charge >= 0.3 is 0 Å². The maximum absolute atomic E-state index is 4.83. The van der Waals surface area contributed by atoms with Gasteiger partial charge in [0.25, 0.3) is 0 Å². The van der Waals surface area contributed by atoms with E-state index in [4.69, 9.17) is 4.98 Å². The maximum Gasteiger partial charge on any atom is 0.147 e. The van der Waals surface area contributed by atoms with E-state index in [-0.39, 0.29) is 0 Å². The highest BCUT2D eigenvalue weighted by molar-refractivity contribution is 7.13. The molecule has 0 fully saturated rings. The van der Waals surface area contributed by atoms with Crippen LogP contribution in [-0.4, -0.2) is 4.98 Å². The van der Waals surface area contributed by atoms with E-state index in [1.54, 1.807) is 11.3 Å². The molecule has 130 valence electrons. The van der Waals surface area contributed by atoms with Crippen LogP contribution in [-0.2, 0) is 6.54 Å². The number of nitrogens with zero attached hydrogens (tertiary/aromatic N) is 1. The van der Waals surface area contributed by atoms with E-state index >= 15 is 0 Å². The third-order valence-electron chi connectivity index (χ3n) is 4.42. The molecular weight excluding hydrogens is 356 g/mol. The van der Waals surface area contributed by atoms with Crippen LogP contribution in [0.15, 0.2) is 77.5 Å². The normalized spacial score (nSPS) is 12.2. The van der Waals surface area contributed by atoms with Crippen LogP contribution < -0.4 is 5.32 Å². The van der Waals surface area contributed by atoms with Gasteiger partial charge in [-0.05, 0) is 18.4 Å². The predicted octanol–water partition coefficient (Wildman–Crippen LogP) is 5.03. The van der Waals surface area contributed by atoms with Gasteiger partial charge in [-0.25, -0.2) is 4.98 Å². The van der Waals surface area contributed by atoms with Gasteiger partial charge in [0.2, 0.25) is 0 Å². The Bertz CT molecular complexity index is 942. The second-order valence-electron chi connectivity index (χ2n) is 6.35. The summed E-state index contributed by atoms with van der Waals surface area (Å²) >= 11 is 3.54. The Kier molecular flexibility index (Phi) is 5.25. The van der Waals surface area contributed by atoms with Crippen molar-refractivity contribution in [2.24, 2.45) is 0 Å². The number of hydrogen-bond acceptors (Lipinski definition) is 3. The molecule has 2 N–H and O–H groups in total. The van der Waals surface area contributed by atoms with Crippen LogP contribution in [0, 0.1) is 6.92 Å². The minimum atomic E-state index is 0.317. The van der Waals surface area contributed by atoms with E-state index in [9.17, 15) is 0 Å². The molecule has 4 rings (SSSR count). The van der Waals surface area contributed by atoms with Crippen molar-refractivity contribution in [1.29, 1.82) is 0 Å². The van der Waals surface area contributed by atoms with Gasteiger partial charge in [-0.1, -0.05) is 66.2 Å². The second kappa shape index (κ2) is 7.96. The summed E-state index contributed by atoms with van der Waals surface area (Å²) in [5.41, 5.74) is 4.97. The number of rotatable bonds is 6. The first-order chi connectivity index (χ1) is 12.8. The van der Waals surface area contributed by atoms with Crippen molar-refractivity contribution in [3.8, 4) is 10.6 Å². The topological polar surface area (TPSA) is 29.5 Å². The number of hydrogen-bond donors (Lipinski definition) is 1. The smallest absolute Gasteiger partial charge is 0.147 e. The van der Waals surface area contributed by atoms with Crippen LogP contribution in [0.3, 0.4) is 0 Å². The molecule has 0 aliphatic carbocycles. The number of thiazole rings is 1. The molecule has 0 bridgehead atoms. The number of benzene rings is 2. The van der Waals surface area contributed by atoms with Crippen molar-refractivity contribution in [2.75, 3.05) is 0 Å². The van der Waals surface area contributed by atoms with Gasteiger partial charge in [-0.3, -0.25) is 0 Å². The monoisotopic (exact) mass is 377 g/mol. The van der Waals surface area contributed by atoms with Crippen LogP contribution >= 0.6 is 22.7 Å². The average molecular weight is 378 g/mol. The molecule has 2 aromatic heterocycles. The highest BCUT2D eigenvalue weighted by Crippen LogP contribution is 2.25. The molecular formula is C22H21N2S2+. The van der Waals surface area contributed by atoms with Gasteiger partial charge in [-0.2, -0.15) is 0 Å². The van der Waals surface area contributed by atoms with Crippen LogP contribution in [0.4, 0.5) is 0 Å². The Morgan fingerprint density at radius 3 is 2.46 bits per heavy atom. The zero-order valence-electron chi connectivity index (χ0n) is 14.6. The number of aryl methyl sites for hydroxylation is 1. The molecule has 1 atom stereocenters. The first kappa shape index (κ1) is 17.2. The van der Waals surface area contributed by atoms with Crippen molar-refractivity contribution < 1.29 is 5.32 Å². The van der Waals surface area contributed by atoms with E-state index in [2.05, 4.69) is 83.7 Å². The van der Waals surface area contributed by atoms with E-state index in [0.717, 1.165) is 17.2 Å². The Hall–Kier alpha value is -2.27. The largest absolute Gasteiger partial charge is 0.331 e. The molecule has 0 spiro atoms. The summed E-state index contributed by atoms with van der Waals surface area (Å²) in [6, 6.07) is 23.9. The second-order valence-corrected chi connectivity index (χ2v) is 8.19. The lowest BCUT2D eigenvalue weighted by Crippen LogP contribution is -2.83. The summed E-state index contributed by atoms with van der Waals surface area (Å²) < 4.78 is 0. The number of quaternary nitrogens is 1. The fourth-order valence-corrected chi connectivity index (χ4v) is 4.70. The van der Waals surface area contributed by atoms with Gasteiger partial charge in [0.05, 0.1) is 4.88 Å². The molecule has 0 unspecified atom stereocenters. The standard InChI is InChI=1S/C22H20N2S2/c1-16-9-11-17(12-10-16)21(20-8-5-13-25-20)23-14-19-15-26-22(24-19)18-6-3-2-4-7-18/h2-13,15,21,23H,14H2,1H3/p+1/t21-/m0/s1. The third kappa shape index (κ3) is 3.93. The highest BCUT2D eigenvalue weighted by atomic mass is 32.1.